The fraction of sp³-hybridized carbons (Fsp3) is 0.833. The number of nitrogens with two attached hydrogens (primary N) is 1. The molecule has 1 unspecified atom stereocenters. The number of hydrogen-bond acceptors (Lipinski definition) is 9. The number of methoxy groups -OCH3 is 1. The van der Waals surface area contributed by atoms with Crippen molar-refractivity contribution in [2.75, 3.05) is 26.0 Å². The van der Waals surface area contributed by atoms with Crippen molar-refractivity contribution in [1.82, 2.24) is 10.6 Å². The number of esters is 1. The van der Waals surface area contributed by atoms with E-state index in [-0.39, 0.29) is 23.6 Å². The van der Waals surface area contributed by atoms with Crippen LogP contribution in [-0.2, 0) is 24.0 Å². The van der Waals surface area contributed by atoms with Crippen LogP contribution in [0.5, 0.6) is 0 Å². The second-order valence-electron chi connectivity index (χ2n) is 7.34. The van der Waals surface area contributed by atoms with Crippen LogP contribution >= 0.6 is 21.6 Å². The number of amides is 1. The number of aldehydes is 1. The summed E-state index contributed by atoms with van der Waals surface area (Å²) in [5.41, 5.74) is 8.31. The largest absolute Gasteiger partial charge is 0.468 e. The van der Waals surface area contributed by atoms with Gasteiger partial charge in [-0.25, -0.2) is 0 Å². The number of carbonyl (C=O) groups excluding carboxylic acids is 3. The molecule has 0 saturated carbocycles. The molecule has 8 nitrogen and oxygen atoms in total. The van der Waals surface area contributed by atoms with Gasteiger partial charge in [-0.3, -0.25) is 24.6 Å². The predicted octanol–water partition coefficient (Wildman–Crippen LogP) is 2.47. The van der Waals surface area contributed by atoms with Gasteiger partial charge in [-0.15, -0.1) is 0 Å². The molecule has 0 heterocycles. The van der Waals surface area contributed by atoms with Crippen molar-refractivity contribution in [2.24, 2.45) is 5.73 Å². The normalized spacial score (nSPS) is 12.6. The minimum absolute atomic E-state index is 0.110. The van der Waals surface area contributed by atoms with Crippen molar-refractivity contribution in [1.29, 1.82) is 0 Å². The Morgan fingerprint density at radius 1 is 1.18 bits per heavy atom. The third-order valence-corrected chi connectivity index (χ3v) is 6.84. The van der Waals surface area contributed by atoms with Crippen molar-refractivity contribution in [3.8, 4) is 0 Å². The highest BCUT2D eigenvalue weighted by atomic mass is 33.1. The Kier molecular flexibility index (Phi) is 15.6. The first-order chi connectivity index (χ1) is 13.2. The Morgan fingerprint density at radius 2 is 1.82 bits per heavy atom. The van der Waals surface area contributed by atoms with E-state index < -0.39 is 11.9 Å². The van der Waals surface area contributed by atoms with Crippen molar-refractivity contribution < 1.29 is 24.0 Å². The molecule has 0 bridgehead atoms. The zero-order valence-corrected chi connectivity index (χ0v) is 19.0. The van der Waals surface area contributed by atoms with Crippen LogP contribution in [-0.4, -0.2) is 60.1 Å². The van der Waals surface area contributed by atoms with E-state index in [2.05, 4.69) is 30.9 Å². The molecule has 28 heavy (non-hydrogen) atoms. The predicted molar refractivity (Wildman–Crippen MR) is 114 cm³/mol. The van der Waals surface area contributed by atoms with Crippen LogP contribution in [0.2, 0.25) is 0 Å². The van der Waals surface area contributed by atoms with Crippen molar-refractivity contribution in [3.05, 3.63) is 0 Å². The Balaban J connectivity index is 3.75. The van der Waals surface area contributed by atoms with Crippen LogP contribution in [0.15, 0.2) is 0 Å². The fourth-order valence-corrected chi connectivity index (χ4v) is 4.60. The van der Waals surface area contributed by atoms with Crippen LogP contribution in [0.4, 0.5) is 0 Å². The van der Waals surface area contributed by atoms with Gasteiger partial charge < -0.3 is 10.5 Å². The van der Waals surface area contributed by atoms with E-state index in [1.165, 1.54) is 7.11 Å². The lowest BCUT2D eigenvalue weighted by Crippen LogP contribution is -2.45. The van der Waals surface area contributed by atoms with Gasteiger partial charge in [0.1, 0.15) is 6.54 Å². The molecule has 0 rings (SSSR count). The average Bonchev–Trinajstić information content (AvgIpc) is 2.62. The lowest BCUT2D eigenvalue weighted by molar-refractivity contribution is -0.205. The van der Waals surface area contributed by atoms with E-state index in [9.17, 15) is 14.4 Å². The molecule has 0 radical (unpaired) electrons. The maximum absolute atomic E-state index is 11.3. The Morgan fingerprint density at radius 3 is 2.43 bits per heavy atom. The third-order valence-electron chi connectivity index (χ3n) is 3.40. The van der Waals surface area contributed by atoms with Gasteiger partial charge >= 0.3 is 5.97 Å². The molecule has 10 heteroatoms. The zero-order chi connectivity index (χ0) is 21.4. The molecule has 0 aliphatic heterocycles. The Hall–Kier alpha value is -0.810. The molecule has 164 valence electrons. The molecule has 0 aliphatic carbocycles. The van der Waals surface area contributed by atoms with Crippen molar-refractivity contribution >= 4 is 39.8 Å². The van der Waals surface area contributed by atoms with E-state index in [1.807, 2.05) is 21.6 Å². The van der Waals surface area contributed by atoms with Gasteiger partial charge in [0.2, 0.25) is 6.29 Å². The highest BCUT2D eigenvalue weighted by molar-refractivity contribution is 8.77. The summed E-state index contributed by atoms with van der Waals surface area (Å²) >= 11 is 0. The first-order valence-corrected chi connectivity index (χ1v) is 11.8. The molecule has 1 atom stereocenters. The lowest BCUT2D eigenvalue weighted by atomic mass is 10.1. The second-order valence-corrected chi connectivity index (χ2v) is 10.5. The molecular weight excluding hydrogens is 402 g/mol. The minimum atomic E-state index is -0.890. The number of hydrazine groups is 1. The standard InChI is InChI=1S/C18H35N3O5S2/c1-18(2,3)28-27-14-15(19)10-8-6-5-7-9-11-26-21(12-17(24)25-4)20-16(23)13-22/h13,15H,5-12,14,19H2,1-4H3,(H,20,23). The summed E-state index contributed by atoms with van der Waals surface area (Å²) in [5, 5.41) is 0.925. The third kappa shape index (κ3) is 17.3. The molecular formula is C18H35N3O5S2. The summed E-state index contributed by atoms with van der Waals surface area (Å²) in [4.78, 5) is 38.1. The highest BCUT2D eigenvalue weighted by Gasteiger charge is 2.14. The van der Waals surface area contributed by atoms with E-state index >= 15 is 0 Å². The van der Waals surface area contributed by atoms with Crippen LogP contribution < -0.4 is 11.2 Å². The quantitative estimate of drug-likeness (QED) is 0.0939. The molecule has 0 aliphatic rings. The van der Waals surface area contributed by atoms with Gasteiger partial charge in [-0.05, 0) is 12.8 Å². The summed E-state index contributed by atoms with van der Waals surface area (Å²) in [5.74, 6) is -0.501. The summed E-state index contributed by atoms with van der Waals surface area (Å²) < 4.78 is 4.77. The number of ether oxygens (including phenoxy) is 1. The maximum Gasteiger partial charge on any atom is 0.324 e. The van der Waals surface area contributed by atoms with Gasteiger partial charge in [-0.2, -0.15) is 0 Å². The van der Waals surface area contributed by atoms with Gasteiger partial charge in [0.15, 0.2) is 0 Å². The second kappa shape index (κ2) is 16.0. The first kappa shape index (κ1) is 27.2. The number of carbonyl (C=O) groups is 3. The SMILES string of the molecule is COC(=O)CN(NC(=O)C=O)OCCCCCCCC(N)CSSC(C)(C)C. The number of hydrogen-bond donors (Lipinski definition) is 2. The number of unbranched alkanes of at least 4 members (excludes halogenated alkanes) is 4. The van der Waals surface area contributed by atoms with Crippen LogP contribution in [0.1, 0.15) is 59.3 Å². The zero-order valence-electron chi connectivity index (χ0n) is 17.4. The number of hydroxylamine groups is 1. The molecule has 3 N–H and O–H groups in total. The summed E-state index contributed by atoms with van der Waals surface area (Å²) in [6, 6.07) is 0.233. The molecule has 0 spiro atoms. The molecule has 0 fully saturated rings. The summed E-state index contributed by atoms with van der Waals surface area (Å²) in [6.45, 7) is 6.64. The van der Waals surface area contributed by atoms with E-state index in [4.69, 9.17) is 10.6 Å². The Labute approximate surface area is 176 Å². The van der Waals surface area contributed by atoms with Gasteiger partial charge in [0, 0.05) is 16.5 Å². The first-order valence-electron chi connectivity index (χ1n) is 9.47. The van der Waals surface area contributed by atoms with Gasteiger partial charge in [0.25, 0.3) is 5.91 Å². The van der Waals surface area contributed by atoms with E-state index in [0.29, 0.717) is 6.61 Å². The van der Waals surface area contributed by atoms with Gasteiger partial charge in [-0.1, -0.05) is 73.2 Å². The maximum atomic E-state index is 11.3. The molecule has 0 aromatic rings. The van der Waals surface area contributed by atoms with Gasteiger partial charge in [0.05, 0.1) is 13.7 Å². The number of nitrogens with one attached hydrogen (secondary N) is 1. The summed E-state index contributed by atoms with van der Waals surface area (Å²) in [6.07, 6.45) is 6.16. The van der Waals surface area contributed by atoms with E-state index in [0.717, 1.165) is 49.5 Å². The van der Waals surface area contributed by atoms with Crippen molar-refractivity contribution in [3.63, 3.8) is 0 Å². The summed E-state index contributed by atoms with van der Waals surface area (Å²) in [7, 11) is 4.95. The smallest absolute Gasteiger partial charge is 0.324 e. The number of rotatable bonds is 16. The number of nitrogens with zero attached hydrogens (tertiary/aromatic N) is 1. The van der Waals surface area contributed by atoms with Crippen LogP contribution in [0.3, 0.4) is 0 Å². The van der Waals surface area contributed by atoms with Crippen LogP contribution in [0.25, 0.3) is 0 Å². The monoisotopic (exact) mass is 437 g/mol. The minimum Gasteiger partial charge on any atom is -0.468 e. The Bertz CT molecular complexity index is 461. The average molecular weight is 438 g/mol. The van der Waals surface area contributed by atoms with E-state index in [1.54, 1.807) is 0 Å². The fourth-order valence-electron chi connectivity index (χ4n) is 2.04. The molecule has 1 amide bonds. The molecule has 0 saturated heterocycles. The highest BCUT2D eigenvalue weighted by Crippen LogP contribution is 2.35. The van der Waals surface area contributed by atoms with Crippen LogP contribution in [0, 0.1) is 0 Å². The molecule has 0 aromatic heterocycles. The van der Waals surface area contributed by atoms with Crippen molar-refractivity contribution in [2.45, 2.75) is 70.1 Å². The topological polar surface area (TPSA) is 111 Å². The lowest BCUT2D eigenvalue weighted by Gasteiger charge is -2.19. The molecule has 0 aromatic carbocycles.